The van der Waals surface area contributed by atoms with Gasteiger partial charge in [-0.2, -0.15) is 0 Å². The van der Waals surface area contributed by atoms with E-state index in [0.717, 1.165) is 18.4 Å². The largest absolute Gasteiger partial charge is 0.445 e. The van der Waals surface area contributed by atoms with Gasteiger partial charge in [0.15, 0.2) is 0 Å². The third kappa shape index (κ3) is 3.29. The summed E-state index contributed by atoms with van der Waals surface area (Å²) in [6, 6.07) is 9.31. The molecule has 1 aromatic carbocycles. The zero-order chi connectivity index (χ0) is 14.5. The molecule has 2 atom stereocenters. The molecule has 0 aromatic heterocycles. The lowest BCUT2D eigenvalue weighted by Crippen LogP contribution is -2.50. The van der Waals surface area contributed by atoms with Crippen LogP contribution in [0, 0.1) is 5.92 Å². The second-order valence-electron chi connectivity index (χ2n) is 5.13. The van der Waals surface area contributed by atoms with Gasteiger partial charge in [0.1, 0.15) is 6.61 Å². The Balaban J connectivity index is 1.93. The summed E-state index contributed by atoms with van der Waals surface area (Å²) in [5.41, 5.74) is 6.31. The number of carbonyl (C=O) groups is 2. The van der Waals surface area contributed by atoms with Crippen molar-refractivity contribution < 1.29 is 14.3 Å². The van der Waals surface area contributed by atoms with Crippen molar-refractivity contribution in [3.63, 3.8) is 0 Å². The van der Waals surface area contributed by atoms with E-state index in [1.807, 2.05) is 37.3 Å². The molecule has 1 fully saturated rings. The smallest absolute Gasteiger partial charge is 0.410 e. The summed E-state index contributed by atoms with van der Waals surface area (Å²) < 4.78 is 5.30. The van der Waals surface area contributed by atoms with Crippen molar-refractivity contribution in [2.45, 2.75) is 32.4 Å². The average molecular weight is 276 g/mol. The van der Waals surface area contributed by atoms with E-state index in [2.05, 4.69) is 0 Å². The highest BCUT2D eigenvalue weighted by Crippen LogP contribution is 2.24. The van der Waals surface area contributed by atoms with Crippen LogP contribution >= 0.6 is 0 Å². The Labute approximate surface area is 118 Å². The Hall–Kier alpha value is -2.04. The number of amides is 2. The molecule has 1 aromatic rings. The highest BCUT2D eigenvalue weighted by atomic mass is 16.6. The summed E-state index contributed by atoms with van der Waals surface area (Å²) in [5, 5.41) is 0. The van der Waals surface area contributed by atoms with E-state index in [0.29, 0.717) is 6.54 Å². The van der Waals surface area contributed by atoms with Gasteiger partial charge in [-0.25, -0.2) is 4.79 Å². The van der Waals surface area contributed by atoms with Crippen LogP contribution in [0.25, 0.3) is 0 Å². The molecule has 2 rings (SSSR count). The normalized spacial score (nSPS) is 22.4. The van der Waals surface area contributed by atoms with E-state index in [1.54, 1.807) is 4.90 Å². The van der Waals surface area contributed by atoms with E-state index in [1.165, 1.54) is 0 Å². The van der Waals surface area contributed by atoms with Crippen LogP contribution in [-0.4, -0.2) is 29.5 Å². The molecule has 5 nitrogen and oxygen atoms in total. The van der Waals surface area contributed by atoms with Crippen LogP contribution in [0.3, 0.4) is 0 Å². The third-order valence-corrected chi connectivity index (χ3v) is 3.79. The molecule has 1 aliphatic rings. The molecule has 108 valence electrons. The first-order chi connectivity index (χ1) is 9.59. The highest BCUT2D eigenvalue weighted by Gasteiger charge is 2.34. The summed E-state index contributed by atoms with van der Waals surface area (Å²) >= 11 is 0. The summed E-state index contributed by atoms with van der Waals surface area (Å²) in [4.78, 5) is 25.1. The van der Waals surface area contributed by atoms with E-state index in [4.69, 9.17) is 10.5 Å². The standard InChI is InChI=1S/C15H20N2O3/c1-11-13(14(16)18)8-5-9-17(11)15(19)20-10-12-6-3-2-4-7-12/h2-4,6-7,11,13H,5,8-10H2,1H3,(H2,16,18). The van der Waals surface area contributed by atoms with Crippen molar-refractivity contribution in [1.29, 1.82) is 0 Å². The van der Waals surface area contributed by atoms with Crippen molar-refractivity contribution in [1.82, 2.24) is 4.90 Å². The van der Waals surface area contributed by atoms with Gasteiger partial charge < -0.3 is 15.4 Å². The van der Waals surface area contributed by atoms with Crippen LogP contribution in [-0.2, 0) is 16.1 Å². The zero-order valence-electron chi connectivity index (χ0n) is 11.6. The maximum absolute atomic E-state index is 12.1. The summed E-state index contributed by atoms with van der Waals surface area (Å²) in [6.45, 7) is 2.70. The monoisotopic (exact) mass is 276 g/mol. The minimum Gasteiger partial charge on any atom is -0.445 e. The van der Waals surface area contributed by atoms with Crippen LogP contribution in [0.1, 0.15) is 25.3 Å². The number of primary amides is 1. The molecule has 2 N–H and O–H groups in total. The molecular weight excluding hydrogens is 256 g/mol. The number of hydrogen-bond donors (Lipinski definition) is 1. The predicted molar refractivity (Wildman–Crippen MR) is 74.7 cm³/mol. The van der Waals surface area contributed by atoms with Gasteiger partial charge in [0.25, 0.3) is 0 Å². The SMILES string of the molecule is CC1C(C(N)=O)CCCN1C(=O)OCc1ccccc1. The van der Waals surface area contributed by atoms with Crippen LogP contribution < -0.4 is 5.73 Å². The maximum atomic E-state index is 12.1. The number of nitrogens with two attached hydrogens (primary N) is 1. The fourth-order valence-electron chi connectivity index (χ4n) is 2.58. The number of piperidine rings is 1. The summed E-state index contributed by atoms with van der Waals surface area (Å²) in [7, 11) is 0. The molecule has 5 heteroatoms. The van der Waals surface area contributed by atoms with Crippen molar-refractivity contribution in [2.24, 2.45) is 11.7 Å². The number of nitrogens with zero attached hydrogens (tertiary/aromatic N) is 1. The van der Waals surface area contributed by atoms with Crippen molar-refractivity contribution in [2.75, 3.05) is 6.54 Å². The minimum atomic E-state index is -0.382. The maximum Gasteiger partial charge on any atom is 0.410 e. The number of carbonyl (C=O) groups excluding carboxylic acids is 2. The topological polar surface area (TPSA) is 72.6 Å². The molecule has 1 saturated heterocycles. The van der Waals surface area contributed by atoms with Crippen LogP contribution in [0.15, 0.2) is 30.3 Å². The van der Waals surface area contributed by atoms with Gasteiger partial charge in [0.2, 0.25) is 5.91 Å². The highest BCUT2D eigenvalue weighted by molar-refractivity contribution is 5.79. The summed E-state index contributed by atoms with van der Waals surface area (Å²) in [5.74, 6) is -0.633. The van der Waals surface area contributed by atoms with Crippen molar-refractivity contribution >= 4 is 12.0 Å². The molecule has 0 radical (unpaired) electrons. The Morgan fingerprint density at radius 2 is 2.05 bits per heavy atom. The lowest BCUT2D eigenvalue weighted by Gasteiger charge is -2.37. The van der Waals surface area contributed by atoms with Crippen LogP contribution in [0.5, 0.6) is 0 Å². The number of rotatable bonds is 3. The van der Waals surface area contributed by atoms with Gasteiger partial charge in [0.05, 0.1) is 5.92 Å². The van der Waals surface area contributed by atoms with Gasteiger partial charge in [-0.3, -0.25) is 4.79 Å². The van der Waals surface area contributed by atoms with Gasteiger partial charge in [-0.15, -0.1) is 0 Å². The van der Waals surface area contributed by atoms with Gasteiger partial charge in [-0.1, -0.05) is 30.3 Å². The van der Waals surface area contributed by atoms with Gasteiger partial charge in [-0.05, 0) is 25.3 Å². The molecule has 0 bridgehead atoms. The quantitative estimate of drug-likeness (QED) is 0.916. The Bertz CT molecular complexity index is 475. The van der Waals surface area contributed by atoms with Crippen molar-refractivity contribution in [3.05, 3.63) is 35.9 Å². The van der Waals surface area contributed by atoms with E-state index in [9.17, 15) is 9.59 Å². The molecule has 1 heterocycles. The van der Waals surface area contributed by atoms with Gasteiger partial charge >= 0.3 is 6.09 Å². The molecule has 2 unspecified atom stereocenters. The van der Waals surface area contributed by atoms with E-state index < -0.39 is 0 Å². The van der Waals surface area contributed by atoms with Crippen LogP contribution in [0.4, 0.5) is 4.79 Å². The average Bonchev–Trinajstić information content (AvgIpc) is 2.46. The van der Waals surface area contributed by atoms with E-state index >= 15 is 0 Å². The summed E-state index contributed by atoms with van der Waals surface area (Å²) in [6.07, 6.45) is 1.13. The number of hydrogen-bond acceptors (Lipinski definition) is 3. The number of ether oxygens (including phenoxy) is 1. The lowest BCUT2D eigenvalue weighted by atomic mass is 9.90. The second-order valence-corrected chi connectivity index (χ2v) is 5.13. The third-order valence-electron chi connectivity index (χ3n) is 3.79. The molecule has 0 spiro atoms. The molecule has 20 heavy (non-hydrogen) atoms. The first-order valence-corrected chi connectivity index (χ1v) is 6.86. The number of likely N-dealkylation sites (tertiary alicyclic amines) is 1. The Morgan fingerprint density at radius 1 is 1.35 bits per heavy atom. The van der Waals surface area contributed by atoms with E-state index in [-0.39, 0.29) is 30.6 Å². The first-order valence-electron chi connectivity index (χ1n) is 6.86. The Morgan fingerprint density at radius 3 is 2.70 bits per heavy atom. The molecule has 2 amide bonds. The van der Waals surface area contributed by atoms with Crippen molar-refractivity contribution in [3.8, 4) is 0 Å². The lowest BCUT2D eigenvalue weighted by molar-refractivity contribution is -0.124. The molecule has 1 aliphatic heterocycles. The first kappa shape index (κ1) is 14.4. The molecule has 0 aliphatic carbocycles. The zero-order valence-corrected chi connectivity index (χ0v) is 11.6. The second kappa shape index (κ2) is 6.41. The van der Waals surface area contributed by atoms with Gasteiger partial charge in [0, 0.05) is 12.6 Å². The molecular formula is C15H20N2O3. The molecule has 0 saturated carbocycles. The minimum absolute atomic E-state index is 0.204. The predicted octanol–water partition coefficient (Wildman–Crippen LogP) is 1.91. The Kier molecular flexibility index (Phi) is 4.61. The fraction of sp³-hybridized carbons (Fsp3) is 0.467. The number of benzene rings is 1. The fourth-order valence-corrected chi connectivity index (χ4v) is 2.58. The van der Waals surface area contributed by atoms with Crippen LogP contribution in [0.2, 0.25) is 0 Å².